The molecular weight excluding hydrogens is 453 g/mol. The van der Waals surface area contributed by atoms with Crippen LogP contribution in [0.1, 0.15) is 30.7 Å². The number of rotatable bonds is 9. The number of benzene rings is 2. The maximum absolute atomic E-state index is 13.5. The van der Waals surface area contributed by atoms with Gasteiger partial charge in [0.2, 0.25) is 0 Å². The average Bonchev–Trinajstić information content (AvgIpc) is 3.21. The molecule has 1 fully saturated rings. The second-order valence-electron chi connectivity index (χ2n) is 7.70. The SMILES string of the molecule is COc1cc(CSc2nnc(CN3CCCCC3)n2-c2ccc(F)cc2)ccc1OC(F)F. The minimum Gasteiger partial charge on any atom is -0.493 e. The number of piperidine rings is 1. The molecule has 0 radical (unpaired) electrons. The Balaban J connectivity index is 1.56. The Kier molecular flexibility index (Phi) is 7.77. The summed E-state index contributed by atoms with van der Waals surface area (Å²) in [6, 6.07) is 11.1. The van der Waals surface area contributed by atoms with Crippen molar-refractivity contribution in [2.75, 3.05) is 20.2 Å². The Labute approximate surface area is 194 Å². The molecule has 3 aromatic rings. The lowest BCUT2D eigenvalue weighted by Gasteiger charge is -2.26. The Morgan fingerprint density at radius 1 is 1.00 bits per heavy atom. The number of likely N-dealkylation sites (tertiary alicyclic amines) is 1. The van der Waals surface area contributed by atoms with Gasteiger partial charge in [0, 0.05) is 11.4 Å². The third-order valence-corrected chi connectivity index (χ3v) is 6.41. The fraction of sp³-hybridized carbons (Fsp3) is 0.391. The van der Waals surface area contributed by atoms with Crippen LogP contribution in [0.5, 0.6) is 11.5 Å². The molecular formula is C23H25F3N4O2S. The van der Waals surface area contributed by atoms with Gasteiger partial charge in [0.05, 0.1) is 13.7 Å². The van der Waals surface area contributed by atoms with Gasteiger partial charge >= 0.3 is 6.61 Å². The number of aromatic nitrogens is 3. The molecule has 4 rings (SSSR count). The van der Waals surface area contributed by atoms with E-state index in [1.807, 2.05) is 4.57 Å². The molecule has 2 heterocycles. The lowest BCUT2D eigenvalue weighted by atomic mass is 10.1. The Hall–Kier alpha value is -2.72. The van der Waals surface area contributed by atoms with Gasteiger partial charge in [-0.2, -0.15) is 8.78 Å². The van der Waals surface area contributed by atoms with Gasteiger partial charge in [-0.3, -0.25) is 9.47 Å². The predicted molar refractivity (Wildman–Crippen MR) is 120 cm³/mol. The standard InChI is InChI=1S/C23H25F3N4O2S/c1-31-20-13-16(5-10-19(20)32-22(25)26)15-33-23-28-27-21(14-29-11-3-2-4-12-29)30(23)18-8-6-17(24)7-9-18/h5-10,13,22H,2-4,11-12,14-15H2,1H3. The van der Waals surface area contributed by atoms with Crippen molar-refractivity contribution in [1.82, 2.24) is 19.7 Å². The lowest BCUT2D eigenvalue weighted by Crippen LogP contribution is -2.30. The van der Waals surface area contributed by atoms with Crippen LogP contribution in [0.2, 0.25) is 0 Å². The number of hydrogen-bond acceptors (Lipinski definition) is 6. The van der Waals surface area contributed by atoms with Crippen molar-refractivity contribution in [1.29, 1.82) is 0 Å². The van der Waals surface area contributed by atoms with Crippen molar-refractivity contribution < 1.29 is 22.6 Å². The van der Waals surface area contributed by atoms with Crippen LogP contribution in [0.25, 0.3) is 5.69 Å². The van der Waals surface area contributed by atoms with E-state index in [-0.39, 0.29) is 17.3 Å². The van der Waals surface area contributed by atoms with E-state index in [2.05, 4.69) is 19.8 Å². The van der Waals surface area contributed by atoms with Crippen molar-refractivity contribution in [2.24, 2.45) is 0 Å². The molecule has 0 saturated carbocycles. The van der Waals surface area contributed by atoms with Crippen molar-refractivity contribution >= 4 is 11.8 Å². The highest BCUT2D eigenvalue weighted by atomic mass is 32.2. The van der Waals surface area contributed by atoms with E-state index in [1.165, 1.54) is 56.3 Å². The molecule has 33 heavy (non-hydrogen) atoms. The fourth-order valence-corrected chi connectivity index (χ4v) is 4.72. The topological polar surface area (TPSA) is 52.4 Å². The van der Waals surface area contributed by atoms with E-state index in [0.29, 0.717) is 17.5 Å². The van der Waals surface area contributed by atoms with E-state index in [4.69, 9.17) is 4.74 Å². The van der Waals surface area contributed by atoms with Gasteiger partial charge in [0.1, 0.15) is 5.82 Å². The Bertz CT molecular complexity index is 1060. The summed E-state index contributed by atoms with van der Waals surface area (Å²) < 4.78 is 50.3. The molecule has 0 spiro atoms. The van der Waals surface area contributed by atoms with Crippen molar-refractivity contribution in [2.45, 2.75) is 43.3 Å². The predicted octanol–water partition coefficient (Wildman–Crippen LogP) is 5.29. The summed E-state index contributed by atoms with van der Waals surface area (Å²) >= 11 is 1.45. The second kappa shape index (κ2) is 10.9. The second-order valence-corrected chi connectivity index (χ2v) is 8.64. The lowest BCUT2D eigenvalue weighted by molar-refractivity contribution is -0.0512. The van der Waals surface area contributed by atoms with Gasteiger partial charge in [-0.25, -0.2) is 4.39 Å². The van der Waals surface area contributed by atoms with Crippen LogP contribution in [0.15, 0.2) is 47.6 Å². The maximum Gasteiger partial charge on any atom is 0.387 e. The van der Waals surface area contributed by atoms with Crippen LogP contribution in [-0.2, 0) is 12.3 Å². The minimum atomic E-state index is -2.92. The number of nitrogens with zero attached hydrogens (tertiary/aromatic N) is 4. The highest BCUT2D eigenvalue weighted by Gasteiger charge is 2.19. The summed E-state index contributed by atoms with van der Waals surface area (Å²) in [5.74, 6) is 1.22. The summed E-state index contributed by atoms with van der Waals surface area (Å²) in [4.78, 5) is 2.36. The monoisotopic (exact) mass is 478 g/mol. The zero-order chi connectivity index (χ0) is 23.2. The number of alkyl halides is 2. The van der Waals surface area contributed by atoms with Gasteiger partial charge in [0.15, 0.2) is 22.5 Å². The summed E-state index contributed by atoms with van der Waals surface area (Å²) in [6.07, 6.45) is 3.58. The molecule has 1 saturated heterocycles. The first kappa shape index (κ1) is 23.4. The number of methoxy groups -OCH3 is 1. The maximum atomic E-state index is 13.5. The summed E-state index contributed by atoms with van der Waals surface area (Å²) in [6.45, 7) is -0.220. The molecule has 0 bridgehead atoms. The zero-order valence-corrected chi connectivity index (χ0v) is 19.0. The number of ether oxygens (including phenoxy) is 2. The fourth-order valence-electron chi connectivity index (χ4n) is 3.81. The molecule has 176 valence electrons. The molecule has 6 nitrogen and oxygen atoms in total. The molecule has 10 heteroatoms. The number of hydrogen-bond donors (Lipinski definition) is 0. The van der Waals surface area contributed by atoms with Crippen LogP contribution < -0.4 is 9.47 Å². The Morgan fingerprint density at radius 3 is 2.45 bits per heavy atom. The summed E-state index contributed by atoms with van der Waals surface area (Å²) in [7, 11) is 1.41. The molecule has 1 aliphatic rings. The zero-order valence-electron chi connectivity index (χ0n) is 18.2. The van der Waals surface area contributed by atoms with Crippen LogP contribution in [-0.4, -0.2) is 46.5 Å². The van der Waals surface area contributed by atoms with E-state index >= 15 is 0 Å². The van der Waals surface area contributed by atoms with Crippen LogP contribution in [0, 0.1) is 5.82 Å². The van der Waals surface area contributed by atoms with Crippen molar-refractivity contribution in [3.05, 3.63) is 59.7 Å². The van der Waals surface area contributed by atoms with Gasteiger partial charge in [-0.1, -0.05) is 24.2 Å². The molecule has 1 aromatic heterocycles. The highest BCUT2D eigenvalue weighted by molar-refractivity contribution is 7.98. The molecule has 0 atom stereocenters. The quantitative estimate of drug-likeness (QED) is 0.390. The van der Waals surface area contributed by atoms with E-state index in [9.17, 15) is 13.2 Å². The molecule has 1 aliphatic heterocycles. The van der Waals surface area contributed by atoms with E-state index in [1.54, 1.807) is 24.3 Å². The van der Waals surface area contributed by atoms with Gasteiger partial charge in [0.25, 0.3) is 0 Å². The first-order valence-electron chi connectivity index (χ1n) is 10.7. The van der Waals surface area contributed by atoms with Crippen molar-refractivity contribution in [3.8, 4) is 17.2 Å². The third-order valence-electron chi connectivity index (χ3n) is 5.41. The largest absolute Gasteiger partial charge is 0.493 e. The van der Waals surface area contributed by atoms with E-state index in [0.717, 1.165) is 30.2 Å². The first-order valence-corrected chi connectivity index (χ1v) is 11.7. The average molecular weight is 479 g/mol. The third kappa shape index (κ3) is 6.00. The molecule has 0 aliphatic carbocycles. The van der Waals surface area contributed by atoms with Gasteiger partial charge < -0.3 is 9.47 Å². The van der Waals surface area contributed by atoms with Crippen LogP contribution >= 0.6 is 11.8 Å². The molecule has 0 N–H and O–H groups in total. The Morgan fingerprint density at radius 2 is 1.76 bits per heavy atom. The summed E-state index contributed by atoms with van der Waals surface area (Å²) in [5, 5.41) is 9.49. The number of thioether (sulfide) groups is 1. The smallest absolute Gasteiger partial charge is 0.387 e. The van der Waals surface area contributed by atoms with Crippen LogP contribution in [0.4, 0.5) is 13.2 Å². The van der Waals surface area contributed by atoms with Gasteiger partial charge in [-0.05, 0) is 67.9 Å². The summed E-state index contributed by atoms with van der Waals surface area (Å²) in [5.41, 5.74) is 1.64. The molecule has 2 aromatic carbocycles. The molecule has 0 amide bonds. The van der Waals surface area contributed by atoms with Crippen molar-refractivity contribution in [3.63, 3.8) is 0 Å². The van der Waals surface area contributed by atoms with Crippen LogP contribution in [0.3, 0.4) is 0 Å². The normalized spacial score (nSPS) is 14.6. The highest BCUT2D eigenvalue weighted by Crippen LogP contribution is 2.32. The first-order chi connectivity index (χ1) is 16.0. The minimum absolute atomic E-state index is 0.0143. The molecule has 0 unspecified atom stereocenters. The number of halogens is 3. The van der Waals surface area contributed by atoms with E-state index < -0.39 is 6.61 Å². The van der Waals surface area contributed by atoms with Gasteiger partial charge in [-0.15, -0.1) is 10.2 Å².